The van der Waals surface area contributed by atoms with Crippen molar-refractivity contribution in [1.82, 2.24) is 4.98 Å². The highest BCUT2D eigenvalue weighted by molar-refractivity contribution is 7.90. The van der Waals surface area contributed by atoms with Crippen molar-refractivity contribution in [3.05, 3.63) is 12.1 Å². The topological polar surface area (TPSA) is 121 Å². The Bertz CT molecular complexity index is 835. The predicted molar refractivity (Wildman–Crippen MR) is 91.5 cm³/mol. The molecular weight excluding hydrogens is 354 g/mol. The zero-order valence-electron chi connectivity index (χ0n) is 12.9. The fourth-order valence-corrected chi connectivity index (χ4v) is 3.75. The van der Waals surface area contributed by atoms with E-state index < -0.39 is 21.8 Å². The number of anilines is 1. The molecule has 2 aromatic rings. The number of amides is 1. The van der Waals surface area contributed by atoms with Gasteiger partial charge in [0.1, 0.15) is 23.1 Å². The molecule has 1 atom stereocenters. The third-order valence-corrected chi connectivity index (χ3v) is 5.33. The first-order chi connectivity index (χ1) is 11.3. The zero-order valence-corrected chi connectivity index (χ0v) is 14.6. The minimum absolute atomic E-state index is 0.0610. The van der Waals surface area contributed by atoms with E-state index in [1.807, 2.05) is 6.07 Å². The van der Waals surface area contributed by atoms with Crippen LogP contribution in [0.25, 0.3) is 10.2 Å². The molecule has 0 bridgehead atoms. The molecule has 10 heteroatoms. The first-order valence-electron chi connectivity index (χ1n) is 7.26. The second-order valence-corrected chi connectivity index (χ2v) is 8.79. The van der Waals surface area contributed by atoms with E-state index in [-0.39, 0.29) is 12.2 Å². The zero-order chi connectivity index (χ0) is 17.3. The number of thiazole rings is 1. The lowest BCUT2D eigenvalue weighted by atomic mass is 10.2. The van der Waals surface area contributed by atoms with Gasteiger partial charge >= 0.3 is 0 Å². The van der Waals surface area contributed by atoms with Crippen LogP contribution in [0.4, 0.5) is 5.13 Å². The van der Waals surface area contributed by atoms with Crippen LogP contribution in [0.2, 0.25) is 0 Å². The van der Waals surface area contributed by atoms with Gasteiger partial charge in [-0.3, -0.25) is 4.79 Å². The standard InChI is InChI=1S/C14H17N3O5S2/c1-24(19,20)5-2-8(15)13(18)17-14-16-9-6-10-11(7-12(9)23-14)22-4-3-21-10/h6-8H,2-5,15H2,1H3,(H,16,17,18). The summed E-state index contributed by atoms with van der Waals surface area (Å²) in [7, 11) is -3.16. The molecule has 0 fully saturated rings. The van der Waals surface area contributed by atoms with Gasteiger partial charge in [0, 0.05) is 18.4 Å². The number of nitrogens with two attached hydrogens (primary N) is 1. The molecule has 1 aliphatic heterocycles. The normalized spacial score (nSPS) is 15.2. The fourth-order valence-electron chi connectivity index (χ4n) is 2.19. The van der Waals surface area contributed by atoms with Crippen LogP contribution in [-0.4, -0.2) is 50.6 Å². The number of benzene rings is 1. The Hall–Kier alpha value is -1.91. The Balaban J connectivity index is 1.72. The molecule has 1 aliphatic rings. The third kappa shape index (κ3) is 3.94. The Morgan fingerprint density at radius 3 is 2.71 bits per heavy atom. The molecule has 1 amide bonds. The van der Waals surface area contributed by atoms with Crippen molar-refractivity contribution in [3.63, 3.8) is 0 Å². The molecule has 3 rings (SSSR count). The summed E-state index contributed by atoms with van der Waals surface area (Å²) >= 11 is 1.29. The van der Waals surface area contributed by atoms with Crippen LogP contribution < -0.4 is 20.5 Å². The molecular formula is C14H17N3O5S2. The van der Waals surface area contributed by atoms with E-state index in [2.05, 4.69) is 10.3 Å². The second kappa shape index (κ2) is 6.54. The van der Waals surface area contributed by atoms with Crippen molar-refractivity contribution < 1.29 is 22.7 Å². The molecule has 3 N–H and O–H groups in total. The van der Waals surface area contributed by atoms with E-state index in [0.29, 0.717) is 35.4 Å². The molecule has 0 aliphatic carbocycles. The summed E-state index contributed by atoms with van der Waals surface area (Å²) in [5, 5.41) is 3.02. The molecule has 0 radical (unpaired) electrons. The lowest BCUT2D eigenvalue weighted by Crippen LogP contribution is -2.37. The number of hydrogen-bond acceptors (Lipinski definition) is 8. The quantitative estimate of drug-likeness (QED) is 0.796. The number of rotatable bonds is 5. The van der Waals surface area contributed by atoms with Crippen molar-refractivity contribution in [1.29, 1.82) is 0 Å². The Morgan fingerprint density at radius 2 is 2.04 bits per heavy atom. The van der Waals surface area contributed by atoms with Crippen LogP contribution in [0.1, 0.15) is 6.42 Å². The lowest BCUT2D eigenvalue weighted by molar-refractivity contribution is -0.117. The van der Waals surface area contributed by atoms with Crippen LogP contribution >= 0.6 is 11.3 Å². The van der Waals surface area contributed by atoms with Gasteiger partial charge in [0.2, 0.25) is 5.91 Å². The largest absolute Gasteiger partial charge is 0.486 e. The number of nitrogens with zero attached hydrogens (tertiary/aromatic N) is 1. The lowest BCUT2D eigenvalue weighted by Gasteiger charge is -2.17. The molecule has 1 unspecified atom stereocenters. The second-order valence-electron chi connectivity index (χ2n) is 5.50. The number of carbonyl (C=O) groups is 1. The summed E-state index contributed by atoms with van der Waals surface area (Å²) in [4.78, 5) is 16.4. The van der Waals surface area contributed by atoms with Gasteiger partial charge in [-0.1, -0.05) is 11.3 Å². The number of sulfone groups is 1. The number of hydrogen-bond donors (Lipinski definition) is 2. The van der Waals surface area contributed by atoms with Crippen molar-refractivity contribution in [2.24, 2.45) is 5.73 Å². The van der Waals surface area contributed by atoms with E-state index >= 15 is 0 Å². The minimum atomic E-state index is -3.16. The number of fused-ring (bicyclic) bond motifs is 2. The van der Waals surface area contributed by atoms with E-state index in [1.54, 1.807) is 6.07 Å². The van der Waals surface area contributed by atoms with Gasteiger partial charge in [0.15, 0.2) is 16.6 Å². The highest BCUT2D eigenvalue weighted by Crippen LogP contribution is 2.37. The van der Waals surface area contributed by atoms with Gasteiger partial charge < -0.3 is 20.5 Å². The molecule has 0 saturated heterocycles. The van der Waals surface area contributed by atoms with Gasteiger partial charge in [-0.25, -0.2) is 13.4 Å². The molecule has 0 spiro atoms. The average molecular weight is 371 g/mol. The summed E-state index contributed by atoms with van der Waals surface area (Å²) in [6.45, 7) is 0.984. The van der Waals surface area contributed by atoms with Gasteiger partial charge in [0.05, 0.1) is 22.0 Å². The van der Waals surface area contributed by atoms with Crippen molar-refractivity contribution in [2.75, 3.05) is 30.5 Å². The van der Waals surface area contributed by atoms with E-state index in [0.717, 1.165) is 11.0 Å². The maximum Gasteiger partial charge on any atom is 0.243 e. The molecule has 2 heterocycles. The molecule has 1 aromatic heterocycles. The van der Waals surface area contributed by atoms with E-state index in [9.17, 15) is 13.2 Å². The van der Waals surface area contributed by atoms with Crippen molar-refractivity contribution in [3.8, 4) is 11.5 Å². The summed E-state index contributed by atoms with van der Waals surface area (Å²) in [6, 6.07) is 2.67. The van der Waals surface area contributed by atoms with Crippen LogP contribution in [-0.2, 0) is 14.6 Å². The highest BCUT2D eigenvalue weighted by Gasteiger charge is 2.19. The van der Waals surface area contributed by atoms with Gasteiger partial charge in [-0.15, -0.1) is 0 Å². The molecule has 24 heavy (non-hydrogen) atoms. The average Bonchev–Trinajstić information content (AvgIpc) is 2.90. The third-order valence-electron chi connectivity index (χ3n) is 3.42. The summed E-state index contributed by atoms with van der Waals surface area (Å²) in [6.07, 6.45) is 1.17. The minimum Gasteiger partial charge on any atom is -0.486 e. The monoisotopic (exact) mass is 371 g/mol. The molecule has 1 aromatic carbocycles. The first kappa shape index (κ1) is 16.9. The summed E-state index contributed by atoms with van der Waals surface area (Å²) in [5.41, 5.74) is 6.41. The Kier molecular flexibility index (Phi) is 4.61. The van der Waals surface area contributed by atoms with E-state index in [1.165, 1.54) is 11.3 Å². The van der Waals surface area contributed by atoms with Gasteiger partial charge in [-0.05, 0) is 6.42 Å². The smallest absolute Gasteiger partial charge is 0.243 e. The SMILES string of the molecule is CS(=O)(=O)CCC(N)C(=O)Nc1nc2cc3c(cc2s1)OCCO3. The predicted octanol–water partition coefficient (Wildman–Crippen LogP) is 0.768. The Labute approximate surface area is 142 Å². The number of nitrogens with one attached hydrogen (secondary N) is 1. The maximum atomic E-state index is 12.0. The molecule has 130 valence electrons. The summed E-state index contributed by atoms with van der Waals surface area (Å²) in [5.74, 6) is 0.680. The van der Waals surface area contributed by atoms with Crippen LogP contribution in [0.15, 0.2) is 12.1 Å². The van der Waals surface area contributed by atoms with Gasteiger partial charge in [-0.2, -0.15) is 0 Å². The number of ether oxygens (including phenoxy) is 2. The van der Waals surface area contributed by atoms with Crippen LogP contribution in [0.5, 0.6) is 11.5 Å². The van der Waals surface area contributed by atoms with Crippen molar-refractivity contribution >= 4 is 42.4 Å². The van der Waals surface area contributed by atoms with Crippen LogP contribution in [0.3, 0.4) is 0 Å². The number of carbonyl (C=O) groups excluding carboxylic acids is 1. The van der Waals surface area contributed by atoms with Crippen LogP contribution in [0, 0.1) is 0 Å². The van der Waals surface area contributed by atoms with Gasteiger partial charge in [0.25, 0.3) is 0 Å². The Morgan fingerprint density at radius 1 is 1.38 bits per heavy atom. The fraction of sp³-hybridized carbons (Fsp3) is 0.429. The number of aromatic nitrogens is 1. The van der Waals surface area contributed by atoms with E-state index in [4.69, 9.17) is 15.2 Å². The van der Waals surface area contributed by atoms with Crippen molar-refractivity contribution in [2.45, 2.75) is 12.5 Å². The summed E-state index contributed by atoms with van der Waals surface area (Å²) < 4.78 is 34.1. The molecule has 0 saturated carbocycles. The highest BCUT2D eigenvalue weighted by atomic mass is 32.2. The maximum absolute atomic E-state index is 12.0. The first-order valence-corrected chi connectivity index (χ1v) is 10.1. The molecule has 8 nitrogen and oxygen atoms in total.